The lowest BCUT2D eigenvalue weighted by atomic mass is 9.97. The Labute approximate surface area is 186 Å². The largest absolute Gasteiger partial charge is 0.457 e. The van der Waals surface area contributed by atoms with Crippen molar-refractivity contribution in [2.24, 2.45) is 0 Å². The van der Waals surface area contributed by atoms with Crippen LogP contribution in [0.1, 0.15) is 17.5 Å². The van der Waals surface area contributed by atoms with Crippen molar-refractivity contribution in [1.29, 1.82) is 0 Å². The number of hydrogen-bond acceptors (Lipinski definition) is 4. The van der Waals surface area contributed by atoms with Gasteiger partial charge in [-0.25, -0.2) is 4.79 Å². The minimum absolute atomic E-state index is 0.195. The molecule has 30 heavy (non-hydrogen) atoms. The summed E-state index contributed by atoms with van der Waals surface area (Å²) >= 11 is 3.51. The monoisotopic (exact) mass is 432 g/mol. The highest BCUT2D eigenvalue weighted by Crippen LogP contribution is 2.36. The van der Waals surface area contributed by atoms with E-state index in [-0.39, 0.29) is 12.1 Å². The number of rotatable bonds is 8. The van der Waals surface area contributed by atoms with E-state index < -0.39 is 0 Å². The number of fused-ring (bicyclic) bond motifs is 2. The van der Waals surface area contributed by atoms with Crippen LogP contribution in [-0.4, -0.2) is 23.6 Å². The standard InChI is InChI=1S/C26H24O2S2/c1-2-26(27)28-21(17-29-24-15-7-11-19-9-3-5-13-22(19)24)18-30-25-16-8-12-20-10-4-6-14-23(20)25/h2-7,9-11,13-16,21H,1,8,12,17-18H2. The van der Waals surface area contributed by atoms with Crippen LogP contribution in [0.15, 0.2) is 90.4 Å². The molecule has 0 bridgehead atoms. The van der Waals surface area contributed by atoms with Crippen LogP contribution in [0.3, 0.4) is 0 Å². The molecule has 0 aromatic heterocycles. The van der Waals surface area contributed by atoms with Crippen LogP contribution < -0.4 is 0 Å². The van der Waals surface area contributed by atoms with E-state index in [2.05, 4.69) is 79.4 Å². The summed E-state index contributed by atoms with van der Waals surface area (Å²) in [7, 11) is 0. The van der Waals surface area contributed by atoms with Crippen molar-refractivity contribution in [3.8, 4) is 0 Å². The van der Waals surface area contributed by atoms with Crippen molar-refractivity contribution in [3.05, 3.63) is 96.6 Å². The first-order valence-electron chi connectivity index (χ1n) is 10.1. The minimum atomic E-state index is -0.364. The lowest BCUT2D eigenvalue weighted by Crippen LogP contribution is -2.22. The van der Waals surface area contributed by atoms with Gasteiger partial charge >= 0.3 is 5.97 Å². The number of carbonyl (C=O) groups is 1. The second kappa shape index (κ2) is 10.1. The molecule has 0 amide bonds. The van der Waals surface area contributed by atoms with Gasteiger partial charge in [-0.1, -0.05) is 73.3 Å². The van der Waals surface area contributed by atoms with Gasteiger partial charge in [0.15, 0.2) is 0 Å². The SMILES string of the molecule is C=CC(=O)OC(CSC1=CCCc2ccccc21)CSc1cccc2ccccc12. The zero-order valence-corrected chi connectivity index (χ0v) is 18.4. The summed E-state index contributed by atoms with van der Waals surface area (Å²) in [6.07, 6.45) is 5.50. The van der Waals surface area contributed by atoms with Gasteiger partial charge in [-0.05, 0) is 40.8 Å². The summed E-state index contributed by atoms with van der Waals surface area (Å²) in [4.78, 5) is 14.4. The Morgan fingerprint density at radius 3 is 2.67 bits per heavy atom. The van der Waals surface area contributed by atoms with Gasteiger partial charge in [0.05, 0.1) is 0 Å². The second-order valence-electron chi connectivity index (χ2n) is 7.13. The zero-order valence-electron chi connectivity index (χ0n) is 16.8. The van der Waals surface area contributed by atoms with E-state index in [4.69, 9.17) is 4.74 Å². The maximum atomic E-state index is 11.9. The van der Waals surface area contributed by atoms with Gasteiger partial charge in [-0.2, -0.15) is 0 Å². The molecule has 0 aliphatic heterocycles. The molecule has 0 saturated heterocycles. The number of hydrogen-bond donors (Lipinski definition) is 0. The van der Waals surface area contributed by atoms with Gasteiger partial charge in [0.25, 0.3) is 0 Å². The zero-order chi connectivity index (χ0) is 20.8. The van der Waals surface area contributed by atoms with Crippen LogP contribution in [0, 0.1) is 0 Å². The van der Waals surface area contributed by atoms with Crippen molar-refractivity contribution >= 4 is 45.2 Å². The Morgan fingerprint density at radius 2 is 1.77 bits per heavy atom. The van der Waals surface area contributed by atoms with E-state index in [9.17, 15) is 4.79 Å². The Hall–Kier alpha value is -2.43. The van der Waals surface area contributed by atoms with Gasteiger partial charge in [-0.3, -0.25) is 0 Å². The first-order valence-corrected chi connectivity index (χ1v) is 12.1. The summed E-state index contributed by atoms with van der Waals surface area (Å²) in [6, 6.07) is 23.3. The van der Waals surface area contributed by atoms with Crippen LogP contribution in [0.2, 0.25) is 0 Å². The predicted octanol–water partition coefficient (Wildman–Crippen LogP) is 6.75. The number of ether oxygens (including phenoxy) is 1. The molecule has 3 aromatic rings. The molecule has 1 aliphatic carbocycles. The lowest BCUT2D eigenvalue weighted by molar-refractivity contribution is -0.140. The number of esters is 1. The molecule has 0 heterocycles. The molecule has 2 nitrogen and oxygen atoms in total. The fraction of sp³-hybridized carbons (Fsp3) is 0.192. The average Bonchev–Trinajstić information content (AvgIpc) is 2.80. The van der Waals surface area contributed by atoms with E-state index in [0.717, 1.165) is 18.6 Å². The molecule has 4 heteroatoms. The molecular formula is C26H24O2S2. The normalized spacial score (nSPS) is 13.9. The van der Waals surface area contributed by atoms with E-state index in [1.165, 1.54) is 37.8 Å². The van der Waals surface area contributed by atoms with Gasteiger partial charge in [0.2, 0.25) is 0 Å². The van der Waals surface area contributed by atoms with Crippen LogP contribution in [-0.2, 0) is 16.0 Å². The average molecular weight is 433 g/mol. The summed E-state index contributed by atoms with van der Waals surface area (Å²) < 4.78 is 5.69. The highest BCUT2D eigenvalue weighted by molar-refractivity contribution is 8.08. The molecule has 1 aliphatic rings. The fourth-order valence-corrected chi connectivity index (χ4v) is 5.96. The third-order valence-corrected chi connectivity index (χ3v) is 7.52. The maximum Gasteiger partial charge on any atom is 0.330 e. The molecular weight excluding hydrogens is 408 g/mol. The Morgan fingerprint density at radius 1 is 1.00 bits per heavy atom. The van der Waals surface area contributed by atoms with Gasteiger partial charge < -0.3 is 4.74 Å². The Kier molecular flexibility index (Phi) is 6.98. The van der Waals surface area contributed by atoms with Crippen LogP contribution in [0.25, 0.3) is 15.7 Å². The van der Waals surface area contributed by atoms with Crippen LogP contribution in [0.5, 0.6) is 0 Å². The van der Waals surface area contributed by atoms with E-state index >= 15 is 0 Å². The number of allylic oxidation sites excluding steroid dienone is 1. The molecule has 0 spiro atoms. The highest BCUT2D eigenvalue weighted by atomic mass is 32.2. The first kappa shape index (κ1) is 20.8. The maximum absolute atomic E-state index is 11.9. The molecule has 4 rings (SSSR count). The molecule has 152 valence electrons. The van der Waals surface area contributed by atoms with Gasteiger partial charge in [0, 0.05) is 27.4 Å². The molecule has 0 saturated carbocycles. The summed E-state index contributed by atoms with van der Waals surface area (Å²) in [5, 5.41) is 2.45. The van der Waals surface area contributed by atoms with E-state index in [1.807, 2.05) is 0 Å². The molecule has 3 aromatic carbocycles. The number of benzene rings is 3. The fourth-order valence-electron chi connectivity index (χ4n) is 3.60. The van der Waals surface area contributed by atoms with E-state index in [0.29, 0.717) is 5.75 Å². The second-order valence-corrected chi connectivity index (χ2v) is 9.25. The van der Waals surface area contributed by atoms with E-state index in [1.54, 1.807) is 23.5 Å². The number of aryl methyl sites for hydroxylation is 1. The van der Waals surface area contributed by atoms with Crippen molar-refractivity contribution in [2.75, 3.05) is 11.5 Å². The minimum Gasteiger partial charge on any atom is -0.457 e. The third kappa shape index (κ3) is 5.00. The van der Waals surface area contributed by atoms with Crippen molar-refractivity contribution < 1.29 is 9.53 Å². The molecule has 0 radical (unpaired) electrons. The summed E-state index contributed by atoms with van der Waals surface area (Å²) in [5.74, 6) is 1.06. The van der Waals surface area contributed by atoms with Crippen molar-refractivity contribution in [1.82, 2.24) is 0 Å². The smallest absolute Gasteiger partial charge is 0.330 e. The molecule has 0 N–H and O–H groups in total. The summed E-state index contributed by atoms with van der Waals surface area (Å²) in [5.41, 5.74) is 2.71. The van der Waals surface area contributed by atoms with Gasteiger partial charge in [0.1, 0.15) is 6.10 Å². The Bertz CT molecular complexity index is 1080. The molecule has 1 atom stereocenters. The van der Waals surface area contributed by atoms with Crippen LogP contribution in [0.4, 0.5) is 0 Å². The van der Waals surface area contributed by atoms with Gasteiger partial charge in [-0.15, -0.1) is 23.5 Å². The van der Waals surface area contributed by atoms with Crippen molar-refractivity contribution in [2.45, 2.75) is 23.8 Å². The molecule has 1 unspecified atom stereocenters. The van der Waals surface area contributed by atoms with Crippen molar-refractivity contribution in [3.63, 3.8) is 0 Å². The predicted molar refractivity (Wildman–Crippen MR) is 130 cm³/mol. The van der Waals surface area contributed by atoms with Crippen LogP contribution >= 0.6 is 23.5 Å². The first-order chi connectivity index (χ1) is 14.7. The quantitative estimate of drug-likeness (QED) is 0.223. The lowest BCUT2D eigenvalue weighted by Gasteiger charge is -2.21. The third-order valence-electron chi connectivity index (χ3n) is 5.07. The topological polar surface area (TPSA) is 26.3 Å². The summed E-state index contributed by atoms with van der Waals surface area (Å²) in [6.45, 7) is 3.55. The number of thioether (sulfide) groups is 2. The Balaban J connectivity index is 1.46. The molecule has 0 fully saturated rings. The number of carbonyl (C=O) groups excluding carboxylic acids is 1. The highest BCUT2D eigenvalue weighted by Gasteiger charge is 2.18.